The Morgan fingerprint density at radius 1 is 0.900 bits per heavy atom. The van der Waals surface area contributed by atoms with Gasteiger partial charge in [0, 0.05) is 11.3 Å². The molecule has 1 aliphatic heterocycles. The van der Waals surface area contributed by atoms with Crippen molar-refractivity contribution in [3.05, 3.63) is 81.7 Å². The number of rotatable bonds is 3. The first-order chi connectivity index (χ1) is 14.3. The zero-order chi connectivity index (χ0) is 21.6. The van der Waals surface area contributed by atoms with Crippen LogP contribution >= 0.6 is 0 Å². The Bertz CT molecular complexity index is 1230. The maximum absolute atomic E-state index is 13.1. The van der Waals surface area contributed by atoms with E-state index in [-0.39, 0.29) is 5.91 Å². The molecule has 0 bridgehead atoms. The summed E-state index contributed by atoms with van der Waals surface area (Å²) in [6, 6.07) is 14.1. The first-order valence-electron chi connectivity index (χ1n) is 10.1. The average Bonchev–Trinajstić information content (AvgIpc) is 3.13. The van der Waals surface area contributed by atoms with Crippen LogP contribution in [0.25, 0.3) is 11.8 Å². The van der Waals surface area contributed by atoms with Crippen LogP contribution in [0.5, 0.6) is 0 Å². The minimum atomic E-state index is -0.115. The monoisotopic (exact) mass is 398 g/mol. The highest BCUT2D eigenvalue weighted by molar-refractivity contribution is 6.32. The zero-order valence-corrected chi connectivity index (χ0v) is 18.3. The molecular formula is C25H26N4O. The van der Waals surface area contributed by atoms with Crippen LogP contribution in [-0.2, 0) is 4.79 Å². The van der Waals surface area contributed by atoms with Gasteiger partial charge in [-0.3, -0.25) is 4.79 Å². The maximum atomic E-state index is 13.1. The van der Waals surface area contributed by atoms with E-state index in [4.69, 9.17) is 5.10 Å². The van der Waals surface area contributed by atoms with Gasteiger partial charge in [0.1, 0.15) is 0 Å². The Kier molecular flexibility index (Phi) is 4.90. The van der Waals surface area contributed by atoms with E-state index in [0.717, 1.165) is 33.9 Å². The van der Waals surface area contributed by atoms with Crippen LogP contribution < -0.4 is 5.01 Å². The molecule has 0 aliphatic carbocycles. The van der Waals surface area contributed by atoms with E-state index < -0.39 is 0 Å². The summed E-state index contributed by atoms with van der Waals surface area (Å²) in [6.07, 6.45) is 1.93. The van der Waals surface area contributed by atoms with E-state index in [1.165, 1.54) is 16.1 Å². The summed E-state index contributed by atoms with van der Waals surface area (Å²) in [5.74, 6) is -0.115. The quantitative estimate of drug-likeness (QED) is 0.568. The molecule has 5 nitrogen and oxygen atoms in total. The summed E-state index contributed by atoms with van der Waals surface area (Å²) >= 11 is 0. The summed E-state index contributed by atoms with van der Waals surface area (Å²) in [5, 5.41) is 10.8. The normalized spacial score (nSPS) is 15.3. The molecule has 2 heterocycles. The number of anilines is 1. The molecule has 2 aromatic carbocycles. The predicted octanol–water partition coefficient (Wildman–Crippen LogP) is 5.22. The van der Waals surface area contributed by atoms with Crippen LogP contribution in [0.3, 0.4) is 0 Å². The van der Waals surface area contributed by atoms with Gasteiger partial charge in [-0.15, -0.1) is 0 Å². The van der Waals surface area contributed by atoms with Gasteiger partial charge in [0.2, 0.25) is 0 Å². The van der Waals surface area contributed by atoms with Gasteiger partial charge in [0.15, 0.2) is 0 Å². The van der Waals surface area contributed by atoms with E-state index in [2.05, 4.69) is 37.1 Å². The molecule has 4 rings (SSSR count). The highest BCUT2D eigenvalue weighted by atomic mass is 16.2. The van der Waals surface area contributed by atoms with E-state index in [1.807, 2.05) is 62.7 Å². The zero-order valence-electron chi connectivity index (χ0n) is 18.3. The topological polar surface area (TPSA) is 50.5 Å². The standard InChI is InChI=1S/C25H26N4O/c1-15-8-7-9-21(13-15)29-25(30)23(19(5)27-29)14-22-18(4)26-28(20(22)6)24-11-10-16(2)12-17(24)3/h7-14H,1-6H3/b23-14-. The summed E-state index contributed by atoms with van der Waals surface area (Å²) in [4.78, 5) is 13.1. The van der Waals surface area contributed by atoms with Crippen LogP contribution in [0.4, 0.5) is 5.69 Å². The average molecular weight is 399 g/mol. The lowest BCUT2D eigenvalue weighted by Crippen LogP contribution is -2.21. The summed E-state index contributed by atoms with van der Waals surface area (Å²) in [6.45, 7) is 12.1. The number of nitrogens with zero attached hydrogens (tertiary/aromatic N) is 4. The van der Waals surface area contributed by atoms with Crippen LogP contribution in [0.15, 0.2) is 53.1 Å². The van der Waals surface area contributed by atoms with E-state index in [1.54, 1.807) is 0 Å². The second-order valence-electron chi connectivity index (χ2n) is 7.99. The van der Waals surface area contributed by atoms with Crippen molar-refractivity contribution in [1.82, 2.24) is 9.78 Å². The van der Waals surface area contributed by atoms with Gasteiger partial charge < -0.3 is 0 Å². The van der Waals surface area contributed by atoms with E-state index in [9.17, 15) is 4.79 Å². The number of amides is 1. The molecule has 1 aliphatic rings. The highest BCUT2D eigenvalue weighted by Gasteiger charge is 2.29. The minimum absolute atomic E-state index is 0.115. The van der Waals surface area contributed by atoms with Gasteiger partial charge in [-0.25, -0.2) is 4.68 Å². The molecule has 0 saturated heterocycles. The molecule has 0 saturated carbocycles. The number of hydrogen-bond acceptors (Lipinski definition) is 3. The van der Waals surface area contributed by atoms with Crippen LogP contribution in [0, 0.1) is 34.6 Å². The van der Waals surface area contributed by atoms with Gasteiger partial charge in [-0.1, -0.05) is 29.8 Å². The SMILES string of the molecule is CC1=NN(c2cccc(C)c2)C(=O)/C1=C\c1c(C)nn(-c2ccc(C)cc2C)c1C. The fraction of sp³-hybridized carbons (Fsp3) is 0.240. The van der Waals surface area contributed by atoms with Gasteiger partial charge in [0.05, 0.1) is 28.4 Å². The summed E-state index contributed by atoms with van der Waals surface area (Å²) < 4.78 is 1.96. The van der Waals surface area contributed by atoms with Gasteiger partial charge in [-0.2, -0.15) is 15.2 Å². The van der Waals surface area contributed by atoms with Crippen molar-refractivity contribution in [3.8, 4) is 5.69 Å². The number of hydrazone groups is 1. The second-order valence-corrected chi connectivity index (χ2v) is 7.99. The van der Waals surface area contributed by atoms with Crippen LogP contribution in [0.1, 0.15) is 40.6 Å². The largest absolute Gasteiger partial charge is 0.280 e. The van der Waals surface area contributed by atoms with Crippen molar-refractivity contribution < 1.29 is 4.79 Å². The lowest BCUT2D eigenvalue weighted by molar-refractivity contribution is -0.114. The van der Waals surface area contributed by atoms with Gasteiger partial charge in [0.25, 0.3) is 5.91 Å². The first kappa shape index (κ1) is 19.8. The van der Waals surface area contributed by atoms with Crippen molar-refractivity contribution in [2.75, 3.05) is 5.01 Å². The summed E-state index contributed by atoms with van der Waals surface area (Å²) in [7, 11) is 0. The third-order valence-corrected chi connectivity index (χ3v) is 5.53. The number of carbonyl (C=O) groups excluding carboxylic acids is 1. The third kappa shape index (κ3) is 3.36. The van der Waals surface area contributed by atoms with Crippen LogP contribution in [-0.4, -0.2) is 21.4 Å². The molecule has 152 valence electrons. The van der Waals surface area contributed by atoms with E-state index in [0.29, 0.717) is 11.3 Å². The minimum Gasteiger partial charge on any atom is -0.267 e. The van der Waals surface area contributed by atoms with Gasteiger partial charge >= 0.3 is 0 Å². The van der Waals surface area contributed by atoms with Crippen molar-refractivity contribution in [2.45, 2.75) is 41.5 Å². The van der Waals surface area contributed by atoms with Crippen LogP contribution in [0.2, 0.25) is 0 Å². The molecule has 1 amide bonds. The summed E-state index contributed by atoms with van der Waals surface area (Å²) in [5.41, 5.74) is 9.46. The highest BCUT2D eigenvalue weighted by Crippen LogP contribution is 2.28. The second kappa shape index (κ2) is 7.41. The Hall–Kier alpha value is -3.47. The molecule has 0 fully saturated rings. The Balaban J connectivity index is 1.75. The number of benzene rings is 2. The van der Waals surface area contributed by atoms with E-state index >= 15 is 0 Å². The maximum Gasteiger partial charge on any atom is 0.280 e. The fourth-order valence-electron chi connectivity index (χ4n) is 3.90. The molecule has 3 aromatic rings. The lowest BCUT2D eigenvalue weighted by atomic mass is 10.1. The Morgan fingerprint density at radius 3 is 2.33 bits per heavy atom. The van der Waals surface area contributed by atoms with Crippen molar-refractivity contribution in [2.24, 2.45) is 5.10 Å². The first-order valence-corrected chi connectivity index (χ1v) is 10.1. The molecule has 5 heteroatoms. The smallest absolute Gasteiger partial charge is 0.267 e. The molecule has 0 atom stereocenters. The molecule has 1 aromatic heterocycles. The third-order valence-electron chi connectivity index (χ3n) is 5.53. The molecule has 30 heavy (non-hydrogen) atoms. The lowest BCUT2D eigenvalue weighted by Gasteiger charge is -2.12. The molecule has 0 unspecified atom stereocenters. The molecule has 0 spiro atoms. The van der Waals surface area contributed by atoms with Crippen molar-refractivity contribution in [1.29, 1.82) is 0 Å². The molecular weight excluding hydrogens is 372 g/mol. The Morgan fingerprint density at radius 2 is 1.63 bits per heavy atom. The number of carbonyl (C=O) groups is 1. The number of aryl methyl sites for hydroxylation is 4. The number of aromatic nitrogens is 2. The van der Waals surface area contributed by atoms with Crippen molar-refractivity contribution >= 4 is 23.4 Å². The van der Waals surface area contributed by atoms with Gasteiger partial charge in [-0.05, 0) is 76.9 Å². The molecule has 0 radical (unpaired) electrons. The molecule has 0 N–H and O–H groups in total. The predicted molar refractivity (Wildman–Crippen MR) is 122 cm³/mol. The van der Waals surface area contributed by atoms with Crippen molar-refractivity contribution in [3.63, 3.8) is 0 Å². The Labute approximate surface area is 177 Å². The number of hydrogen-bond donors (Lipinski definition) is 0. The fourth-order valence-corrected chi connectivity index (χ4v) is 3.90.